The van der Waals surface area contributed by atoms with Gasteiger partial charge in [-0.2, -0.15) is 18.4 Å². The molecule has 0 saturated heterocycles. The Bertz CT molecular complexity index is 1010. The van der Waals surface area contributed by atoms with Gasteiger partial charge in [-0.1, -0.05) is 0 Å². The fraction of sp³-hybridized carbons (Fsp3) is 0.353. The number of fused-ring (bicyclic) bond motifs is 1. The Morgan fingerprint density at radius 1 is 1.37 bits per heavy atom. The second-order valence-corrected chi connectivity index (χ2v) is 5.97. The standard InChI is InChI=1S/C17H14F3N5O2/c1-2-24-9-23-13-8-25(4-3-12(13)16(24)27)15(26)11-5-10(6-21)14(22-7-11)17(18,19)20/h5,7,9H,2-4,8H2,1H3. The summed E-state index contributed by atoms with van der Waals surface area (Å²) in [5.74, 6) is -0.570. The van der Waals surface area contributed by atoms with Crippen molar-refractivity contribution in [2.75, 3.05) is 6.54 Å². The van der Waals surface area contributed by atoms with Gasteiger partial charge in [0.25, 0.3) is 11.5 Å². The van der Waals surface area contributed by atoms with Gasteiger partial charge in [-0.25, -0.2) is 9.97 Å². The molecule has 27 heavy (non-hydrogen) atoms. The van der Waals surface area contributed by atoms with Crippen molar-refractivity contribution >= 4 is 5.91 Å². The lowest BCUT2D eigenvalue weighted by molar-refractivity contribution is -0.141. The monoisotopic (exact) mass is 377 g/mol. The molecule has 0 N–H and O–H groups in total. The van der Waals surface area contributed by atoms with Gasteiger partial charge in [0.15, 0.2) is 5.69 Å². The van der Waals surface area contributed by atoms with E-state index in [0.29, 0.717) is 24.2 Å². The minimum atomic E-state index is -4.78. The van der Waals surface area contributed by atoms with Crippen molar-refractivity contribution < 1.29 is 18.0 Å². The smallest absolute Gasteiger partial charge is 0.332 e. The maximum Gasteiger partial charge on any atom is 0.434 e. The first kappa shape index (κ1) is 18.6. The highest BCUT2D eigenvalue weighted by atomic mass is 19.4. The first-order valence-corrected chi connectivity index (χ1v) is 8.10. The van der Waals surface area contributed by atoms with Crippen LogP contribution in [-0.4, -0.2) is 31.9 Å². The number of halogens is 3. The average molecular weight is 377 g/mol. The number of carbonyl (C=O) groups excluding carboxylic acids is 1. The van der Waals surface area contributed by atoms with Gasteiger partial charge in [0.1, 0.15) is 6.07 Å². The Morgan fingerprint density at radius 3 is 2.74 bits per heavy atom. The summed E-state index contributed by atoms with van der Waals surface area (Å²) >= 11 is 0. The van der Waals surface area contributed by atoms with Gasteiger partial charge in [0.2, 0.25) is 0 Å². The highest BCUT2D eigenvalue weighted by Gasteiger charge is 2.36. The number of aryl methyl sites for hydroxylation is 1. The average Bonchev–Trinajstić information content (AvgIpc) is 2.66. The highest BCUT2D eigenvalue weighted by Crippen LogP contribution is 2.30. The number of pyridine rings is 1. The fourth-order valence-electron chi connectivity index (χ4n) is 2.93. The Hall–Kier alpha value is -3.22. The van der Waals surface area contributed by atoms with Crippen molar-refractivity contribution in [2.24, 2.45) is 0 Å². The van der Waals surface area contributed by atoms with E-state index >= 15 is 0 Å². The molecule has 0 aromatic carbocycles. The van der Waals surface area contributed by atoms with Crippen LogP contribution in [0, 0.1) is 11.3 Å². The molecule has 0 aliphatic carbocycles. The largest absolute Gasteiger partial charge is 0.434 e. The second kappa shape index (κ2) is 6.83. The molecule has 0 fully saturated rings. The van der Waals surface area contributed by atoms with Crippen LogP contribution in [0.2, 0.25) is 0 Å². The summed E-state index contributed by atoms with van der Waals surface area (Å²) in [6, 6.07) is 2.31. The molecule has 2 aromatic heterocycles. The molecule has 1 aliphatic heterocycles. The Balaban J connectivity index is 1.89. The molecule has 0 unspecified atom stereocenters. The van der Waals surface area contributed by atoms with Gasteiger partial charge in [-0.05, 0) is 19.4 Å². The number of alkyl halides is 3. The molecule has 0 spiro atoms. The molecule has 0 bridgehead atoms. The molecule has 3 heterocycles. The molecule has 1 amide bonds. The van der Waals surface area contributed by atoms with Gasteiger partial charge < -0.3 is 4.90 Å². The van der Waals surface area contributed by atoms with Gasteiger partial charge in [0, 0.05) is 24.8 Å². The first-order chi connectivity index (χ1) is 12.8. The van der Waals surface area contributed by atoms with Crippen LogP contribution in [0.25, 0.3) is 0 Å². The lowest BCUT2D eigenvalue weighted by atomic mass is 10.0. The molecule has 0 saturated carbocycles. The van der Waals surface area contributed by atoms with Crippen molar-refractivity contribution in [3.63, 3.8) is 0 Å². The number of nitrogens with zero attached hydrogens (tertiary/aromatic N) is 5. The topological polar surface area (TPSA) is 91.9 Å². The molecule has 1 aliphatic rings. The Kier molecular flexibility index (Phi) is 4.70. The maximum atomic E-state index is 12.8. The Morgan fingerprint density at radius 2 is 2.11 bits per heavy atom. The first-order valence-electron chi connectivity index (χ1n) is 8.10. The third-order valence-electron chi connectivity index (χ3n) is 4.34. The van der Waals surface area contributed by atoms with Gasteiger partial charge >= 0.3 is 6.18 Å². The molecule has 10 heteroatoms. The van der Waals surface area contributed by atoms with E-state index in [4.69, 9.17) is 5.26 Å². The zero-order chi connectivity index (χ0) is 19.8. The summed E-state index contributed by atoms with van der Waals surface area (Å²) in [5, 5.41) is 8.95. The number of carbonyl (C=O) groups is 1. The zero-order valence-electron chi connectivity index (χ0n) is 14.2. The van der Waals surface area contributed by atoms with Crippen LogP contribution < -0.4 is 5.56 Å². The fourth-order valence-corrected chi connectivity index (χ4v) is 2.93. The van der Waals surface area contributed by atoms with Crippen molar-refractivity contribution in [3.05, 3.63) is 57.0 Å². The number of nitriles is 1. The molecular formula is C17H14F3N5O2. The van der Waals surface area contributed by atoms with Gasteiger partial charge in [-0.3, -0.25) is 14.2 Å². The summed E-state index contributed by atoms with van der Waals surface area (Å²) in [5.41, 5.74) is -1.32. The summed E-state index contributed by atoms with van der Waals surface area (Å²) in [7, 11) is 0. The van der Waals surface area contributed by atoms with Crippen LogP contribution in [0.4, 0.5) is 13.2 Å². The lowest BCUT2D eigenvalue weighted by Crippen LogP contribution is -2.40. The second-order valence-electron chi connectivity index (χ2n) is 5.97. The van der Waals surface area contributed by atoms with Crippen LogP contribution in [0.1, 0.15) is 39.8 Å². The molecular weight excluding hydrogens is 363 g/mol. The number of aromatic nitrogens is 3. The number of hydrogen-bond donors (Lipinski definition) is 0. The van der Waals surface area contributed by atoms with Crippen LogP contribution >= 0.6 is 0 Å². The van der Waals surface area contributed by atoms with E-state index in [9.17, 15) is 22.8 Å². The SMILES string of the molecule is CCn1cnc2c(c1=O)CCN(C(=O)c1cnc(C(F)(F)F)c(C#N)c1)C2. The van der Waals surface area contributed by atoms with Crippen LogP contribution in [0.5, 0.6) is 0 Å². The molecule has 140 valence electrons. The van der Waals surface area contributed by atoms with E-state index in [0.717, 1.165) is 12.3 Å². The predicted octanol–water partition coefficient (Wildman–Crippen LogP) is 1.75. The molecule has 7 nitrogen and oxygen atoms in total. The predicted molar refractivity (Wildman–Crippen MR) is 86.6 cm³/mol. The lowest BCUT2D eigenvalue weighted by Gasteiger charge is -2.28. The number of rotatable bonds is 2. The normalized spacial score (nSPS) is 13.8. The maximum absolute atomic E-state index is 12.8. The van der Waals surface area contributed by atoms with E-state index in [-0.39, 0.29) is 24.2 Å². The van der Waals surface area contributed by atoms with E-state index in [1.54, 1.807) is 0 Å². The summed E-state index contributed by atoms with van der Waals surface area (Å²) in [6.45, 7) is 2.59. The zero-order valence-corrected chi connectivity index (χ0v) is 14.2. The van der Waals surface area contributed by atoms with Crippen molar-refractivity contribution in [1.82, 2.24) is 19.4 Å². The minimum absolute atomic E-state index is 0.0663. The van der Waals surface area contributed by atoms with Crippen LogP contribution in [0.15, 0.2) is 23.4 Å². The van der Waals surface area contributed by atoms with Crippen molar-refractivity contribution in [1.29, 1.82) is 5.26 Å². The third kappa shape index (κ3) is 3.40. The molecule has 0 radical (unpaired) electrons. The Labute approximate surface area is 151 Å². The van der Waals surface area contributed by atoms with Crippen molar-refractivity contribution in [2.45, 2.75) is 32.6 Å². The van der Waals surface area contributed by atoms with Gasteiger partial charge in [0.05, 0.1) is 29.7 Å². The van der Waals surface area contributed by atoms with E-state index in [2.05, 4.69) is 9.97 Å². The molecule has 2 aromatic rings. The van der Waals surface area contributed by atoms with Gasteiger partial charge in [-0.15, -0.1) is 0 Å². The van der Waals surface area contributed by atoms with E-state index in [1.165, 1.54) is 21.9 Å². The van der Waals surface area contributed by atoms with Crippen LogP contribution in [-0.2, 0) is 25.7 Å². The minimum Gasteiger partial charge on any atom is -0.332 e. The summed E-state index contributed by atoms with van der Waals surface area (Å²) in [4.78, 5) is 33.7. The third-order valence-corrected chi connectivity index (χ3v) is 4.34. The number of amides is 1. The molecule has 0 atom stereocenters. The molecule has 3 rings (SSSR count). The highest BCUT2D eigenvalue weighted by molar-refractivity contribution is 5.94. The van der Waals surface area contributed by atoms with E-state index < -0.39 is 23.3 Å². The van der Waals surface area contributed by atoms with E-state index in [1.807, 2.05) is 6.92 Å². The number of hydrogen-bond acceptors (Lipinski definition) is 5. The van der Waals surface area contributed by atoms with Crippen molar-refractivity contribution in [3.8, 4) is 6.07 Å². The quantitative estimate of drug-likeness (QED) is 0.795. The summed E-state index contributed by atoms with van der Waals surface area (Å²) < 4.78 is 40.0. The van der Waals surface area contributed by atoms with Crippen LogP contribution in [0.3, 0.4) is 0 Å². The summed E-state index contributed by atoms with van der Waals surface area (Å²) in [6.07, 6.45) is -2.26.